The minimum atomic E-state index is -0.633. The monoisotopic (exact) mass is 339 g/mol. The Morgan fingerprint density at radius 2 is 1.60 bits per heavy atom. The predicted octanol–water partition coefficient (Wildman–Crippen LogP) is 2.72. The molecule has 132 valence electrons. The zero-order valence-electron chi connectivity index (χ0n) is 14.9. The number of rotatable bonds is 5. The largest absolute Gasteiger partial charge is 0.347 e. The van der Waals surface area contributed by atoms with Crippen molar-refractivity contribution in [1.82, 2.24) is 5.32 Å². The standard InChI is InChI=1S/C20H25N3O2/c1-20(2,3)23-18(24)15-9-11-16(12-10-15)22-19(25)17(21)13-14-7-5-4-6-8-14/h4-12,17H,13,21H2,1-3H3,(H,22,25)(H,23,24). The van der Waals surface area contributed by atoms with Gasteiger partial charge < -0.3 is 16.4 Å². The highest BCUT2D eigenvalue weighted by Crippen LogP contribution is 2.12. The third-order valence-corrected chi connectivity index (χ3v) is 3.54. The quantitative estimate of drug-likeness (QED) is 0.783. The summed E-state index contributed by atoms with van der Waals surface area (Å²) in [6, 6.07) is 15.8. The molecule has 0 aliphatic carbocycles. The van der Waals surface area contributed by atoms with Crippen LogP contribution >= 0.6 is 0 Å². The fourth-order valence-electron chi connectivity index (χ4n) is 2.31. The molecule has 0 spiro atoms. The second-order valence-corrected chi connectivity index (χ2v) is 7.07. The van der Waals surface area contributed by atoms with Crippen molar-refractivity contribution < 1.29 is 9.59 Å². The van der Waals surface area contributed by atoms with E-state index in [-0.39, 0.29) is 17.4 Å². The first-order valence-electron chi connectivity index (χ1n) is 8.27. The van der Waals surface area contributed by atoms with Gasteiger partial charge >= 0.3 is 0 Å². The summed E-state index contributed by atoms with van der Waals surface area (Å²) in [5.74, 6) is -0.401. The Kier molecular flexibility index (Phi) is 5.93. The number of hydrogen-bond acceptors (Lipinski definition) is 3. The molecule has 2 amide bonds. The summed E-state index contributed by atoms with van der Waals surface area (Å²) in [4.78, 5) is 24.3. The number of anilines is 1. The maximum absolute atomic E-state index is 12.2. The van der Waals surface area contributed by atoms with Crippen molar-refractivity contribution in [2.45, 2.75) is 38.8 Å². The van der Waals surface area contributed by atoms with Gasteiger partial charge in [0.2, 0.25) is 5.91 Å². The van der Waals surface area contributed by atoms with Crippen molar-refractivity contribution in [3.63, 3.8) is 0 Å². The lowest BCUT2D eigenvalue weighted by atomic mass is 10.1. The lowest BCUT2D eigenvalue weighted by molar-refractivity contribution is -0.117. The zero-order valence-corrected chi connectivity index (χ0v) is 14.9. The van der Waals surface area contributed by atoms with Gasteiger partial charge in [0.1, 0.15) is 0 Å². The van der Waals surface area contributed by atoms with Crippen LogP contribution in [0.1, 0.15) is 36.7 Å². The lowest BCUT2D eigenvalue weighted by Gasteiger charge is -2.20. The van der Waals surface area contributed by atoms with Gasteiger partial charge in [-0.25, -0.2) is 0 Å². The van der Waals surface area contributed by atoms with Crippen molar-refractivity contribution in [3.8, 4) is 0 Å². The van der Waals surface area contributed by atoms with Gasteiger partial charge in [0.05, 0.1) is 6.04 Å². The average Bonchev–Trinajstić information content (AvgIpc) is 2.54. The fourth-order valence-corrected chi connectivity index (χ4v) is 2.31. The molecular formula is C20H25N3O2. The Bertz CT molecular complexity index is 719. The second kappa shape index (κ2) is 7.94. The van der Waals surface area contributed by atoms with Crippen molar-refractivity contribution in [3.05, 3.63) is 65.7 Å². The molecule has 25 heavy (non-hydrogen) atoms. The topological polar surface area (TPSA) is 84.2 Å². The molecule has 0 bridgehead atoms. The van der Waals surface area contributed by atoms with Crippen molar-refractivity contribution in [1.29, 1.82) is 0 Å². The molecule has 0 saturated heterocycles. The van der Waals surface area contributed by atoms with E-state index in [4.69, 9.17) is 5.73 Å². The van der Waals surface area contributed by atoms with Crippen molar-refractivity contribution in [2.24, 2.45) is 5.73 Å². The number of benzene rings is 2. The predicted molar refractivity (Wildman–Crippen MR) is 100 cm³/mol. The van der Waals surface area contributed by atoms with Crippen LogP contribution in [0.25, 0.3) is 0 Å². The van der Waals surface area contributed by atoms with Gasteiger partial charge in [-0.1, -0.05) is 30.3 Å². The minimum absolute atomic E-state index is 0.147. The molecule has 0 aliphatic rings. The third kappa shape index (κ3) is 6.04. The van der Waals surface area contributed by atoms with Crippen LogP contribution in [0, 0.1) is 0 Å². The normalized spacial score (nSPS) is 12.3. The number of carbonyl (C=O) groups excluding carboxylic acids is 2. The van der Waals surface area contributed by atoms with Gasteiger partial charge in [0, 0.05) is 16.8 Å². The highest BCUT2D eigenvalue weighted by Gasteiger charge is 2.16. The summed E-state index contributed by atoms with van der Waals surface area (Å²) < 4.78 is 0. The van der Waals surface area contributed by atoms with Gasteiger partial charge in [-0.2, -0.15) is 0 Å². The molecule has 0 aromatic heterocycles. The Morgan fingerprint density at radius 1 is 1.00 bits per heavy atom. The molecule has 0 heterocycles. The average molecular weight is 339 g/mol. The fraction of sp³-hybridized carbons (Fsp3) is 0.300. The molecule has 0 saturated carbocycles. The van der Waals surface area contributed by atoms with Gasteiger partial charge in [-0.3, -0.25) is 9.59 Å². The van der Waals surface area contributed by atoms with Crippen LogP contribution in [-0.4, -0.2) is 23.4 Å². The van der Waals surface area contributed by atoms with E-state index < -0.39 is 6.04 Å². The zero-order chi connectivity index (χ0) is 18.4. The summed E-state index contributed by atoms with van der Waals surface area (Å²) >= 11 is 0. The van der Waals surface area contributed by atoms with Crippen molar-refractivity contribution >= 4 is 17.5 Å². The molecule has 4 N–H and O–H groups in total. The van der Waals surface area contributed by atoms with Crippen LogP contribution in [-0.2, 0) is 11.2 Å². The van der Waals surface area contributed by atoms with E-state index in [1.165, 1.54) is 0 Å². The molecule has 2 aromatic carbocycles. The summed E-state index contributed by atoms with van der Waals surface area (Å²) in [6.45, 7) is 5.77. The third-order valence-electron chi connectivity index (χ3n) is 3.54. The van der Waals surface area contributed by atoms with Crippen LogP contribution < -0.4 is 16.4 Å². The summed E-state index contributed by atoms with van der Waals surface area (Å²) in [5, 5.41) is 5.68. The Labute approximate surface area is 148 Å². The van der Waals surface area contributed by atoms with Gasteiger partial charge in [0.15, 0.2) is 0 Å². The van der Waals surface area contributed by atoms with Crippen LogP contribution in [0.4, 0.5) is 5.69 Å². The molecule has 0 fully saturated rings. The Balaban J connectivity index is 1.94. The smallest absolute Gasteiger partial charge is 0.251 e. The van der Waals surface area contributed by atoms with Crippen LogP contribution in [0.5, 0.6) is 0 Å². The molecule has 2 rings (SSSR count). The van der Waals surface area contributed by atoms with E-state index in [0.717, 1.165) is 5.56 Å². The first-order valence-corrected chi connectivity index (χ1v) is 8.27. The first-order chi connectivity index (χ1) is 11.7. The van der Waals surface area contributed by atoms with E-state index in [0.29, 0.717) is 17.7 Å². The minimum Gasteiger partial charge on any atom is -0.347 e. The molecule has 5 heteroatoms. The Morgan fingerprint density at radius 3 is 2.16 bits per heavy atom. The van der Waals surface area contributed by atoms with Gasteiger partial charge in [-0.05, 0) is 57.0 Å². The maximum Gasteiger partial charge on any atom is 0.251 e. The molecule has 1 atom stereocenters. The second-order valence-electron chi connectivity index (χ2n) is 7.07. The Hall–Kier alpha value is -2.66. The molecule has 0 aliphatic heterocycles. The highest BCUT2D eigenvalue weighted by atomic mass is 16.2. The van der Waals surface area contributed by atoms with E-state index in [1.54, 1.807) is 24.3 Å². The van der Waals surface area contributed by atoms with E-state index in [9.17, 15) is 9.59 Å². The molecule has 5 nitrogen and oxygen atoms in total. The number of hydrogen-bond donors (Lipinski definition) is 3. The van der Waals surface area contributed by atoms with Crippen LogP contribution in [0.2, 0.25) is 0 Å². The molecule has 2 aromatic rings. The number of carbonyl (C=O) groups is 2. The summed E-state index contributed by atoms with van der Waals surface area (Å²) in [6.07, 6.45) is 0.471. The van der Waals surface area contributed by atoms with E-state index >= 15 is 0 Å². The van der Waals surface area contributed by atoms with E-state index in [2.05, 4.69) is 10.6 Å². The van der Waals surface area contributed by atoms with Gasteiger partial charge in [0.25, 0.3) is 5.91 Å². The van der Waals surface area contributed by atoms with Crippen LogP contribution in [0.3, 0.4) is 0 Å². The number of amides is 2. The van der Waals surface area contributed by atoms with Crippen LogP contribution in [0.15, 0.2) is 54.6 Å². The number of nitrogens with two attached hydrogens (primary N) is 1. The summed E-state index contributed by atoms with van der Waals surface area (Å²) in [7, 11) is 0. The van der Waals surface area contributed by atoms with E-state index in [1.807, 2.05) is 51.1 Å². The highest BCUT2D eigenvalue weighted by molar-refractivity contribution is 5.97. The SMILES string of the molecule is CC(C)(C)NC(=O)c1ccc(NC(=O)C(N)Cc2ccccc2)cc1. The van der Waals surface area contributed by atoms with Gasteiger partial charge in [-0.15, -0.1) is 0 Å². The van der Waals surface area contributed by atoms with Crippen molar-refractivity contribution in [2.75, 3.05) is 5.32 Å². The number of nitrogens with one attached hydrogen (secondary N) is 2. The molecule has 1 unspecified atom stereocenters. The summed E-state index contributed by atoms with van der Waals surface area (Å²) in [5.41, 5.74) is 7.84. The molecule has 0 radical (unpaired) electrons. The lowest BCUT2D eigenvalue weighted by Crippen LogP contribution is -2.40. The maximum atomic E-state index is 12.2. The molecular weight excluding hydrogens is 314 g/mol. The first kappa shape index (κ1) is 18.7.